The second-order valence-corrected chi connectivity index (χ2v) is 20.4. The predicted octanol–water partition coefficient (Wildman–Crippen LogP) is 6.42. The fourth-order valence-electron chi connectivity index (χ4n) is 13.1. The minimum absolute atomic E-state index is 0.0308. The number of hydrogen-bond acceptors (Lipinski definition) is 8. The lowest BCUT2D eigenvalue weighted by atomic mass is 9.33. The Balaban J connectivity index is 1.46. The summed E-state index contributed by atoms with van der Waals surface area (Å²) in [5, 5.41) is 34.7. The molecule has 0 saturated heterocycles. The first-order chi connectivity index (χ1) is 23.9. The zero-order valence-corrected chi connectivity index (χ0v) is 34.5. The van der Waals surface area contributed by atoms with Crippen molar-refractivity contribution in [3.05, 3.63) is 11.1 Å². The molecule has 4 fully saturated rings. The topological polar surface area (TPSA) is 136 Å². The summed E-state index contributed by atoms with van der Waals surface area (Å²) < 4.78 is 6.20. The van der Waals surface area contributed by atoms with Crippen molar-refractivity contribution in [1.29, 1.82) is 0 Å². The van der Waals surface area contributed by atoms with Crippen LogP contribution in [0.4, 0.5) is 0 Å². The lowest BCUT2D eigenvalue weighted by molar-refractivity contribution is -0.236. The van der Waals surface area contributed by atoms with E-state index in [1.807, 2.05) is 4.90 Å². The minimum Gasteiger partial charge on any atom is -0.462 e. The molecular formula is C43H72N2O7. The molecule has 52 heavy (non-hydrogen) atoms. The molecule has 0 aliphatic heterocycles. The number of ether oxygens (including phenoxy) is 1. The Morgan fingerprint density at radius 3 is 2.13 bits per heavy atom. The second-order valence-electron chi connectivity index (χ2n) is 20.4. The SMILES string of the molecule is CNC(=O)CN(CC(O)C12CCC3(C)C(CCC4C5(C)CCC(OC(=O)CC(C)(C)C(O)O)C(C)(C)C5CCC43C)C1=C(C(C)C)C(=O)C2)C(C)C. The molecular weight excluding hydrogens is 656 g/mol. The van der Waals surface area contributed by atoms with E-state index in [1.54, 1.807) is 20.9 Å². The molecule has 0 bridgehead atoms. The van der Waals surface area contributed by atoms with Crippen molar-refractivity contribution in [2.75, 3.05) is 20.1 Å². The number of likely N-dealkylation sites (N-methyl/N-ethyl adjacent to an activating group) is 1. The average molecular weight is 729 g/mol. The zero-order chi connectivity index (χ0) is 39.0. The van der Waals surface area contributed by atoms with Gasteiger partial charge in [-0.25, -0.2) is 0 Å². The fraction of sp³-hybridized carbons (Fsp3) is 0.884. The van der Waals surface area contributed by atoms with Crippen LogP contribution in [0.3, 0.4) is 0 Å². The Labute approximate surface area is 314 Å². The van der Waals surface area contributed by atoms with Gasteiger partial charge in [0, 0.05) is 42.3 Å². The number of carbonyl (C=O) groups excluding carboxylic acids is 3. The fourth-order valence-corrected chi connectivity index (χ4v) is 13.1. The number of esters is 1. The van der Waals surface area contributed by atoms with Gasteiger partial charge in [-0.15, -0.1) is 0 Å². The molecule has 0 aromatic rings. The van der Waals surface area contributed by atoms with Gasteiger partial charge in [-0.2, -0.15) is 0 Å². The molecule has 1 amide bonds. The third-order valence-electron chi connectivity index (χ3n) is 16.4. The summed E-state index contributed by atoms with van der Waals surface area (Å²) in [5.74, 6) is 0.884. The summed E-state index contributed by atoms with van der Waals surface area (Å²) in [4.78, 5) is 41.8. The number of allylic oxidation sites excluding steroid dienone is 1. The Bertz CT molecular complexity index is 1430. The average Bonchev–Trinajstić information content (AvgIpc) is 3.35. The maximum absolute atomic E-state index is 14.1. The summed E-state index contributed by atoms with van der Waals surface area (Å²) in [6.07, 6.45) is 5.41. The summed E-state index contributed by atoms with van der Waals surface area (Å²) in [7, 11) is 1.64. The van der Waals surface area contributed by atoms with Crippen LogP contribution in [-0.4, -0.2) is 82.6 Å². The van der Waals surface area contributed by atoms with Crippen LogP contribution in [-0.2, 0) is 19.1 Å². The summed E-state index contributed by atoms with van der Waals surface area (Å²) >= 11 is 0. The first kappa shape index (κ1) is 41.4. The highest BCUT2D eigenvalue weighted by molar-refractivity contribution is 6.00. The number of hydrogen-bond donors (Lipinski definition) is 4. The number of amides is 1. The number of Topliss-reactive ketones (excluding diaryl/α,β-unsaturated/α-hetero) is 1. The number of nitrogens with zero attached hydrogens (tertiary/aromatic N) is 1. The quantitative estimate of drug-likeness (QED) is 0.141. The van der Waals surface area contributed by atoms with E-state index in [9.17, 15) is 29.7 Å². The maximum Gasteiger partial charge on any atom is 0.306 e. The molecule has 0 aromatic carbocycles. The van der Waals surface area contributed by atoms with E-state index < -0.39 is 23.2 Å². The van der Waals surface area contributed by atoms with Gasteiger partial charge in [0.05, 0.1) is 19.1 Å². The van der Waals surface area contributed by atoms with E-state index in [1.165, 1.54) is 5.57 Å². The van der Waals surface area contributed by atoms with Crippen molar-refractivity contribution in [2.24, 2.45) is 56.2 Å². The van der Waals surface area contributed by atoms with Crippen molar-refractivity contribution in [3.8, 4) is 0 Å². The maximum atomic E-state index is 14.1. The first-order valence-electron chi connectivity index (χ1n) is 20.4. The van der Waals surface area contributed by atoms with E-state index in [0.29, 0.717) is 24.8 Å². The second kappa shape index (κ2) is 14.0. The number of rotatable bonds is 11. The van der Waals surface area contributed by atoms with Crippen molar-refractivity contribution >= 4 is 17.7 Å². The predicted molar refractivity (Wildman–Crippen MR) is 203 cm³/mol. The van der Waals surface area contributed by atoms with Crippen LogP contribution in [0.5, 0.6) is 0 Å². The third kappa shape index (κ3) is 6.43. The molecule has 0 heterocycles. The van der Waals surface area contributed by atoms with E-state index in [2.05, 4.69) is 67.6 Å². The lowest BCUT2D eigenvalue weighted by Crippen LogP contribution is -2.66. The van der Waals surface area contributed by atoms with Crippen LogP contribution in [0, 0.1) is 56.2 Å². The van der Waals surface area contributed by atoms with Gasteiger partial charge in [0.15, 0.2) is 12.1 Å². The van der Waals surface area contributed by atoms with Crippen molar-refractivity contribution in [1.82, 2.24) is 10.2 Å². The standard InChI is InChI=1S/C43H72N2O7/c1-25(2)35-28(46)21-43(31(47)23-45(26(3)4)24-33(48)44-12)20-19-41(10)27(36(35)43)13-14-30-40(9)17-16-32(52-34(49)22-38(5,6)37(50)51)39(7,8)29(40)15-18-42(30,41)11/h25-27,29-32,37,47,50-51H,13-24H2,1-12H3,(H,44,48). The van der Waals surface area contributed by atoms with E-state index in [4.69, 9.17) is 4.74 Å². The lowest BCUT2D eigenvalue weighted by Gasteiger charge is -2.72. The van der Waals surface area contributed by atoms with E-state index in [-0.39, 0.29) is 76.3 Å². The molecule has 296 valence electrons. The summed E-state index contributed by atoms with van der Waals surface area (Å²) in [5.41, 5.74) is 0.424. The molecule has 9 nitrogen and oxygen atoms in total. The van der Waals surface area contributed by atoms with Gasteiger partial charge in [0.1, 0.15) is 6.10 Å². The smallest absolute Gasteiger partial charge is 0.306 e. The molecule has 0 aromatic heterocycles. The van der Waals surface area contributed by atoms with Crippen molar-refractivity contribution in [2.45, 2.75) is 165 Å². The Hall–Kier alpha value is -1.81. The minimum atomic E-state index is -1.60. The van der Waals surface area contributed by atoms with Crippen LogP contribution in [0.1, 0.15) is 140 Å². The molecule has 9 unspecified atom stereocenters. The van der Waals surface area contributed by atoms with Gasteiger partial charge in [0.25, 0.3) is 0 Å². The Morgan fingerprint density at radius 2 is 1.56 bits per heavy atom. The highest BCUT2D eigenvalue weighted by atomic mass is 16.5. The highest BCUT2D eigenvalue weighted by Crippen LogP contribution is 2.77. The largest absolute Gasteiger partial charge is 0.462 e. The molecule has 9 heteroatoms. The molecule has 0 spiro atoms. The van der Waals surface area contributed by atoms with E-state index >= 15 is 0 Å². The first-order valence-corrected chi connectivity index (χ1v) is 20.4. The zero-order valence-electron chi connectivity index (χ0n) is 34.5. The molecule has 5 aliphatic carbocycles. The van der Waals surface area contributed by atoms with Gasteiger partial charge in [-0.05, 0) is 111 Å². The van der Waals surface area contributed by atoms with Crippen LogP contribution < -0.4 is 5.32 Å². The molecule has 4 N–H and O–H groups in total. The molecule has 4 saturated carbocycles. The number of carbonyl (C=O) groups is 3. The van der Waals surface area contributed by atoms with Crippen LogP contribution in [0.15, 0.2) is 11.1 Å². The number of nitrogens with one attached hydrogen (secondary N) is 1. The molecule has 9 atom stereocenters. The monoisotopic (exact) mass is 729 g/mol. The number of aliphatic hydroxyl groups is 3. The van der Waals surface area contributed by atoms with Crippen molar-refractivity contribution in [3.63, 3.8) is 0 Å². The molecule has 0 radical (unpaired) electrons. The van der Waals surface area contributed by atoms with Crippen LogP contribution in [0.25, 0.3) is 0 Å². The van der Waals surface area contributed by atoms with E-state index in [0.717, 1.165) is 56.9 Å². The van der Waals surface area contributed by atoms with Crippen LogP contribution in [0.2, 0.25) is 0 Å². The highest BCUT2D eigenvalue weighted by Gasteiger charge is 2.71. The summed E-state index contributed by atoms with van der Waals surface area (Å²) in [6, 6.07) is 0.0692. The molecule has 5 rings (SSSR count). The van der Waals surface area contributed by atoms with Gasteiger partial charge >= 0.3 is 5.97 Å². The number of ketones is 1. The normalized spacial score (nSPS) is 37.9. The van der Waals surface area contributed by atoms with Crippen molar-refractivity contribution < 1.29 is 34.4 Å². The van der Waals surface area contributed by atoms with Gasteiger partial charge in [-0.1, -0.05) is 67.9 Å². The van der Waals surface area contributed by atoms with Gasteiger partial charge < -0.3 is 25.4 Å². The third-order valence-corrected chi connectivity index (χ3v) is 16.4. The summed E-state index contributed by atoms with van der Waals surface area (Å²) in [6.45, 7) is 24.4. The van der Waals surface area contributed by atoms with Gasteiger partial charge in [-0.3, -0.25) is 19.3 Å². The van der Waals surface area contributed by atoms with Crippen LogP contribution >= 0.6 is 0 Å². The number of aliphatic hydroxyl groups excluding tert-OH is 2. The Kier molecular flexibility index (Phi) is 11.2. The molecule has 5 aliphatic rings. The van der Waals surface area contributed by atoms with Gasteiger partial charge in [0.2, 0.25) is 5.91 Å². The number of fused-ring (bicyclic) bond motifs is 7. The Morgan fingerprint density at radius 1 is 0.904 bits per heavy atom.